The molecule has 2 heterocycles. The van der Waals surface area contributed by atoms with E-state index in [1.54, 1.807) is 21.9 Å². The van der Waals surface area contributed by atoms with Crippen LogP contribution in [0.3, 0.4) is 0 Å². The maximum atomic E-state index is 14.5. The third-order valence-electron chi connectivity index (χ3n) is 6.16. The van der Waals surface area contributed by atoms with Gasteiger partial charge in [0.2, 0.25) is 0 Å². The van der Waals surface area contributed by atoms with Crippen molar-refractivity contribution in [3.05, 3.63) is 100 Å². The third kappa shape index (κ3) is 3.13. The summed E-state index contributed by atoms with van der Waals surface area (Å²) in [7, 11) is 0. The summed E-state index contributed by atoms with van der Waals surface area (Å²) in [5.41, 5.74) is 4.79. The number of amides is 2. The van der Waals surface area contributed by atoms with E-state index >= 15 is 0 Å². The predicted octanol–water partition coefficient (Wildman–Crippen LogP) is 5.03. The highest BCUT2D eigenvalue weighted by Crippen LogP contribution is 2.55. The van der Waals surface area contributed by atoms with Crippen molar-refractivity contribution < 1.29 is 14.0 Å². The minimum Gasteiger partial charge on any atom is -0.311 e. The Hall–Kier alpha value is -3.12. The molecule has 2 aliphatic rings. The van der Waals surface area contributed by atoms with E-state index in [9.17, 15) is 14.0 Å². The number of fused-ring (bicyclic) bond motifs is 2. The topological polar surface area (TPSA) is 40.6 Å². The maximum Gasteiger partial charge on any atom is 0.268 e. The first-order valence-corrected chi connectivity index (χ1v) is 11.6. The molecule has 0 aliphatic carbocycles. The Balaban J connectivity index is 1.60. The van der Waals surface area contributed by atoms with E-state index in [0.29, 0.717) is 18.8 Å². The van der Waals surface area contributed by atoms with Gasteiger partial charge in [0.15, 0.2) is 4.87 Å². The lowest BCUT2D eigenvalue weighted by atomic mass is 10.0. The fourth-order valence-corrected chi connectivity index (χ4v) is 5.99. The van der Waals surface area contributed by atoms with Crippen LogP contribution in [-0.4, -0.2) is 29.0 Å². The lowest BCUT2D eigenvalue weighted by Gasteiger charge is -2.33. The van der Waals surface area contributed by atoms with Gasteiger partial charge >= 0.3 is 0 Å². The molecule has 4 nitrogen and oxygen atoms in total. The molecule has 3 aromatic rings. The highest BCUT2D eigenvalue weighted by Gasteiger charge is 2.59. The molecule has 0 saturated carbocycles. The van der Waals surface area contributed by atoms with Gasteiger partial charge in [-0.15, -0.1) is 11.8 Å². The normalized spacial score (nSPS) is 19.7. The van der Waals surface area contributed by atoms with Crippen LogP contribution in [0, 0.1) is 19.7 Å². The van der Waals surface area contributed by atoms with Crippen molar-refractivity contribution in [2.45, 2.75) is 25.3 Å². The van der Waals surface area contributed by atoms with Crippen LogP contribution >= 0.6 is 11.8 Å². The van der Waals surface area contributed by atoms with E-state index < -0.39 is 16.6 Å². The first kappa shape index (κ1) is 20.8. The molecule has 1 spiro atoms. The Morgan fingerprint density at radius 2 is 1.75 bits per heavy atom. The lowest BCUT2D eigenvalue weighted by Crippen LogP contribution is -2.50. The van der Waals surface area contributed by atoms with Crippen molar-refractivity contribution in [3.63, 3.8) is 0 Å². The zero-order valence-electron chi connectivity index (χ0n) is 18.0. The van der Waals surface area contributed by atoms with E-state index in [4.69, 9.17) is 0 Å². The van der Waals surface area contributed by atoms with Gasteiger partial charge in [-0.3, -0.25) is 9.59 Å². The van der Waals surface area contributed by atoms with E-state index in [0.717, 1.165) is 27.9 Å². The molecule has 0 radical (unpaired) electrons. The number of aryl methyl sites for hydroxylation is 2. The maximum absolute atomic E-state index is 14.5. The monoisotopic (exact) mass is 446 g/mol. The fraction of sp³-hybridized carbons (Fsp3) is 0.231. The quantitative estimate of drug-likeness (QED) is 0.567. The SMILES string of the molecule is Cc1ccc(CN2C(=O)[C@@]3(SCCN3C(=O)c3ccccc3F)c3cc(C)ccc32)cc1. The number of anilines is 1. The molecule has 3 aromatic carbocycles. The van der Waals surface area contributed by atoms with Gasteiger partial charge in [0.05, 0.1) is 17.8 Å². The molecule has 32 heavy (non-hydrogen) atoms. The van der Waals surface area contributed by atoms with Crippen molar-refractivity contribution in [1.82, 2.24) is 4.90 Å². The minimum absolute atomic E-state index is 0.00615. The zero-order valence-corrected chi connectivity index (χ0v) is 18.8. The van der Waals surface area contributed by atoms with Gasteiger partial charge in [-0.2, -0.15) is 0 Å². The summed E-state index contributed by atoms with van der Waals surface area (Å²) in [5, 5.41) is 0. The van der Waals surface area contributed by atoms with Crippen LogP contribution in [-0.2, 0) is 16.2 Å². The van der Waals surface area contributed by atoms with Crippen molar-refractivity contribution in [2.24, 2.45) is 0 Å². The molecular weight excluding hydrogens is 423 g/mol. The molecule has 2 aliphatic heterocycles. The van der Waals surface area contributed by atoms with Crippen LogP contribution in [0.15, 0.2) is 66.7 Å². The third-order valence-corrected chi connectivity index (χ3v) is 7.58. The summed E-state index contributed by atoms with van der Waals surface area (Å²) in [4.78, 5) is 29.6. The fourth-order valence-electron chi connectivity index (χ4n) is 4.54. The van der Waals surface area contributed by atoms with Crippen molar-refractivity contribution >= 4 is 29.3 Å². The number of benzene rings is 3. The zero-order chi connectivity index (χ0) is 22.5. The Morgan fingerprint density at radius 3 is 2.50 bits per heavy atom. The summed E-state index contributed by atoms with van der Waals surface area (Å²) >= 11 is 1.46. The first-order chi connectivity index (χ1) is 15.4. The van der Waals surface area contributed by atoms with E-state index in [1.165, 1.54) is 23.9 Å². The average Bonchev–Trinajstić information content (AvgIpc) is 3.32. The lowest BCUT2D eigenvalue weighted by molar-refractivity contribution is -0.123. The number of hydrogen-bond donors (Lipinski definition) is 0. The van der Waals surface area contributed by atoms with E-state index in [1.807, 2.05) is 56.3 Å². The molecule has 0 unspecified atom stereocenters. The summed E-state index contributed by atoms with van der Waals surface area (Å²) in [6, 6.07) is 20.0. The van der Waals surface area contributed by atoms with Crippen LogP contribution in [0.4, 0.5) is 10.1 Å². The second-order valence-corrected chi connectivity index (χ2v) is 9.61. The number of halogens is 1. The average molecular weight is 447 g/mol. The van der Waals surface area contributed by atoms with E-state index in [2.05, 4.69) is 0 Å². The van der Waals surface area contributed by atoms with Crippen LogP contribution in [0.25, 0.3) is 0 Å². The second kappa shape index (κ2) is 7.78. The Labute approximate surface area is 191 Å². The summed E-state index contributed by atoms with van der Waals surface area (Å²) in [6.45, 7) is 4.80. The molecule has 2 amide bonds. The number of carbonyl (C=O) groups is 2. The van der Waals surface area contributed by atoms with Crippen molar-refractivity contribution in [3.8, 4) is 0 Å². The minimum atomic E-state index is -1.18. The van der Waals surface area contributed by atoms with Crippen LogP contribution in [0.1, 0.15) is 32.6 Å². The molecule has 5 rings (SSSR count). The molecule has 6 heteroatoms. The van der Waals surface area contributed by atoms with Gasteiger partial charge in [0.1, 0.15) is 5.82 Å². The summed E-state index contributed by atoms with van der Waals surface area (Å²) in [6.07, 6.45) is 0. The van der Waals surface area contributed by atoms with Crippen molar-refractivity contribution in [1.29, 1.82) is 0 Å². The summed E-state index contributed by atoms with van der Waals surface area (Å²) in [5.74, 6) is -0.564. The Bertz CT molecular complexity index is 1230. The highest BCUT2D eigenvalue weighted by molar-refractivity contribution is 8.01. The van der Waals surface area contributed by atoms with Gasteiger partial charge in [0.25, 0.3) is 11.8 Å². The largest absolute Gasteiger partial charge is 0.311 e. The van der Waals surface area contributed by atoms with Gasteiger partial charge in [-0.1, -0.05) is 59.7 Å². The molecule has 1 atom stereocenters. The number of carbonyl (C=O) groups excluding carboxylic acids is 2. The number of thioether (sulfide) groups is 1. The van der Waals surface area contributed by atoms with E-state index in [-0.39, 0.29) is 11.5 Å². The Morgan fingerprint density at radius 1 is 1.03 bits per heavy atom. The van der Waals surface area contributed by atoms with Gasteiger partial charge < -0.3 is 9.80 Å². The summed E-state index contributed by atoms with van der Waals surface area (Å²) < 4.78 is 14.5. The second-order valence-electron chi connectivity index (χ2n) is 8.33. The molecule has 1 fully saturated rings. The smallest absolute Gasteiger partial charge is 0.268 e. The Kier molecular flexibility index (Phi) is 5.05. The highest BCUT2D eigenvalue weighted by atomic mass is 32.2. The van der Waals surface area contributed by atoms with Crippen molar-refractivity contribution in [2.75, 3.05) is 17.2 Å². The predicted molar refractivity (Wildman–Crippen MR) is 125 cm³/mol. The van der Waals surface area contributed by atoms with Gasteiger partial charge in [0, 0.05) is 17.9 Å². The molecule has 162 valence electrons. The van der Waals surface area contributed by atoms with Gasteiger partial charge in [-0.25, -0.2) is 4.39 Å². The molecule has 0 aromatic heterocycles. The van der Waals surface area contributed by atoms with Crippen LogP contribution in [0.2, 0.25) is 0 Å². The van der Waals surface area contributed by atoms with Gasteiger partial charge in [-0.05, 0) is 37.6 Å². The molecular formula is C26H23FN2O2S. The molecule has 0 bridgehead atoms. The van der Waals surface area contributed by atoms with Crippen LogP contribution < -0.4 is 4.90 Å². The van der Waals surface area contributed by atoms with Crippen LogP contribution in [0.5, 0.6) is 0 Å². The number of rotatable bonds is 3. The standard InChI is InChI=1S/C26H23FN2O2S/c1-17-7-10-19(11-8-17)16-28-23-12-9-18(2)15-21(23)26(25(28)31)29(13-14-32-26)24(30)20-5-3-4-6-22(20)27/h3-12,15H,13-14,16H2,1-2H3/t26-/m0/s1. The number of nitrogens with zero attached hydrogens (tertiary/aromatic N) is 2. The number of hydrogen-bond acceptors (Lipinski definition) is 3. The molecule has 1 saturated heterocycles. The molecule has 0 N–H and O–H groups in total. The first-order valence-electron chi connectivity index (χ1n) is 10.6.